The first-order chi connectivity index (χ1) is 20.2. The highest BCUT2D eigenvalue weighted by Crippen LogP contribution is 2.42. The number of carbonyl (C=O) groups is 1. The number of rotatable bonds is 10. The number of hydrogen-bond acceptors (Lipinski definition) is 5. The number of benzene rings is 2. The van der Waals surface area contributed by atoms with Crippen molar-refractivity contribution in [3.05, 3.63) is 76.9 Å². The molecule has 0 amide bonds. The van der Waals surface area contributed by atoms with Gasteiger partial charge < -0.3 is 14.7 Å². The van der Waals surface area contributed by atoms with E-state index in [1.165, 1.54) is 31.4 Å². The van der Waals surface area contributed by atoms with Gasteiger partial charge in [-0.25, -0.2) is 4.39 Å². The zero-order valence-corrected chi connectivity index (χ0v) is 25.3. The summed E-state index contributed by atoms with van der Waals surface area (Å²) in [5.74, 6) is -0.302. The maximum absolute atomic E-state index is 13.2. The van der Waals surface area contributed by atoms with Gasteiger partial charge in [-0.1, -0.05) is 44.5 Å². The molecular weight excluding hydrogens is 529 g/mol. The average molecular weight is 574 g/mol. The largest absolute Gasteiger partial charge is 0.493 e. The standard InChI is InChI=1S/C35H44FN3O3/c1-25-30(23-32(40)41)34(39-20-16-35(2,3)17-21-39)33(31(37-25)24-38-18-5-4-6-19-38)27-9-13-29(14-10-27)42-22-15-26-7-11-28(36)12-8-26/h7-14H,4-6,15-24H2,1-3H3,(H,40,41). The third-order valence-electron chi connectivity index (χ3n) is 8.85. The highest BCUT2D eigenvalue weighted by atomic mass is 19.1. The molecule has 5 rings (SSSR count). The maximum Gasteiger partial charge on any atom is 0.307 e. The zero-order valence-electron chi connectivity index (χ0n) is 25.3. The van der Waals surface area contributed by atoms with Crippen LogP contribution in [-0.4, -0.2) is 53.7 Å². The summed E-state index contributed by atoms with van der Waals surface area (Å²) in [6.07, 6.45) is 6.43. The second-order valence-electron chi connectivity index (χ2n) is 12.7. The Morgan fingerprint density at radius 1 is 0.976 bits per heavy atom. The van der Waals surface area contributed by atoms with Crippen LogP contribution in [0.3, 0.4) is 0 Å². The molecule has 0 radical (unpaired) electrons. The number of aryl methyl sites for hydroxylation is 1. The lowest BCUT2D eigenvalue weighted by Crippen LogP contribution is -2.39. The Bertz CT molecular complexity index is 1360. The fourth-order valence-electron chi connectivity index (χ4n) is 6.23. The molecule has 2 saturated heterocycles. The Morgan fingerprint density at radius 3 is 2.29 bits per heavy atom. The van der Waals surface area contributed by atoms with Crippen LogP contribution in [0.15, 0.2) is 48.5 Å². The highest BCUT2D eigenvalue weighted by molar-refractivity contribution is 5.86. The van der Waals surface area contributed by atoms with Gasteiger partial charge >= 0.3 is 5.97 Å². The fraction of sp³-hybridized carbons (Fsp3) is 0.486. The predicted molar refractivity (Wildman–Crippen MR) is 166 cm³/mol. The minimum atomic E-state index is -0.835. The van der Waals surface area contributed by atoms with Crippen molar-refractivity contribution in [2.45, 2.75) is 72.3 Å². The molecule has 224 valence electrons. The van der Waals surface area contributed by atoms with Crippen molar-refractivity contribution in [3.63, 3.8) is 0 Å². The first-order valence-corrected chi connectivity index (χ1v) is 15.4. The second-order valence-corrected chi connectivity index (χ2v) is 12.7. The van der Waals surface area contributed by atoms with Gasteiger partial charge in [0.15, 0.2) is 0 Å². The molecule has 0 unspecified atom stereocenters. The van der Waals surface area contributed by atoms with Crippen LogP contribution < -0.4 is 9.64 Å². The van der Waals surface area contributed by atoms with E-state index >= 15 is 0 Å². The number of pyridine rings is 1. The van der Waals surface area contributed by atoms with Crippen LogP contribution in [0.1, 0.15) is 68.5 Å². The molecule has 1 aromatic heterocycles. The van der Waals surface area contributed by atoms with Gasteiger partial charge in [0.2, 0.25) is 0 Å². The summed E-state index contributed by atoms with van der Waals surface area (Å²) in [6.45, 7) is 11.8. The molecule has 0 saturated carbocycles. The lowest BCUT2D eigenvalue weighted by Gasteiger charge is -2.40. The van der Waals surface area contributed by atoms with Crippen molar-refractivity contribution in [3.8, 4) is 16.9 Å². The molecule has 2 aliphatic heterocycles. The summed E-state index contributed by atoms with van der Waals surface area (Å²) in [4.78, 5) is 22.1. The van der Waals surface area contributed by atoms with E-state index in [1.807, 2.05) is 19.1 Å². The summed E-state index contributed by atoms with van der Waals surface area (Å²) in [5, 5.41) is 9.91. The Hall–Kier alpha value is -3.45. The molecular formula is C35H44FN3O3. The van der Waals surface area contributed by atoms with Crippen LogP contribution in [0.5, 0.6) is 5.75 Å². The van der Waals surface area contributed by atoms with Crippen molar-refractivity contribution >= 4 is 11.7 Å². The quantitative estimate of drug-likeness (QED) is 0.280. The van der Waals surface area contributed by atoms with Crippen molar-refractivity contribution < 1.29 is 19.0 Å². The Morgan fingerprint density at radius 2 is 1.64 bits per heavy atom. The normalized spacial score (nSPS) is 17.3. The molecule has 0 bridgehead atoms. The van der Waals surface area contributed by atoms with E-state index in [9.17, 15) is 14.3 Å². The zero-order chi connectivity index (χ0) is 29.7. The van der Waals surface area contributed by atoms with Gasteiger partial charge in [-0.3, -0.25) is 14.7 Å². The Balaban J connectivity index is 1.49. The maximum atomic E-state index is 13.2. The van der Waals surface area contributed by atoms with Crippen molar-refractivity contribution in [1.82, 2.24) is 9.88 Å². The molecule has 1 N–H and O–H groups in total. The van der Waals surface area contributed by atoms with Gasteiger partial charge in [0.25, 0.3) is 0 Å². The second kappa shape index (κ2) is 13.2. The summed E-state index contributed by atoms with van der Waals surface area (Å²) >= 11 is 0. The topological polar surface area (TPSA) is 65.9 Å². The molecule has 0 aliphatic carbocycles. The van der Waals surface area contributed by atoms with E-state index in [-0.39, 0.29) is 17.7 Å². The number of ether oxygens (including phenoxy) is 1. The summed E-state index contributed by atoms with van der Waals surface area (Å²) < 4.78 is 19.3. The molecule has 6 nitrogen and oxygen atoms in total. The van der Waals surface area contributed by atoms with E-state index in [0.717, 1.165) is 90.6 Å². The van der Waals surface area contributed by atoms with E-state index < -0.39 is 5.97 Å². The first-order valence-electron chi connectivity index (χ1n) is 15.4. The number of aromatic nitrogens is 1. The van der Waals surface area contributed by atoms with Crippen LogP contribution in [0.4, 0.5) is 10.1 Å². The van der Waals surface area contributed by atoms with E-state index in [0.29, 0.717) is 13.0 Å². The van der Waals surface area contributed by atoms with E-state index in [4.69, 9.17) is 9.72 Å². The van der Waals surface area contributed by atoms with Gasteiger partial charge in [-0.2, -0.15) is 0 Å². The van der Waals surface area contributed by atoms with Crippen LogP contribution in [0.2, 0.25) is 0 Å². The highest BCUT2D eigenvalue weighted by Gasteiger charge is 2.31. The average Bonchev–Trinajstić information content (AvgIpc) is 2.96. The molecule has 3 heterocycles. The van der Waals surface area contributed by atoms with Crippen molar-refractivity contribution in [1.29, 1.82) is 0 Å². The molecule has 7 heteroatoms. The smallest absolute Gasteiger partial charge is 0.307 e. The summed E-state index contributed by atoms with van der Waals surface area (Å²) in [6, 6.07) is 14.7. The molecule has 0 atom stereocenters. The molecule has 2 aromatic carbocycles. The Labute approximate surface area is 249 Å². The van der Waals surface area contributed by atoms with E-state index in [2.05, 4.69) is 35.8 Å². The van der Waals surface area contributed by atoms with Crippen LogP contribution in [0.25, 0.3) is 11.1 Å². The minimum absolute atomic E-state index is 0.0460. The van der Waals surface area contributed by atoms with Crippen molar-refractivity contribution in [2.24, 2.45) is 5.41 Å². The lowest BCUT2D eigenvalue weighted by atomic mass is 9.82. The first kappa shape index (κ1) is 30.0. The number of piperidine rings is 2. The summed E-state index contributed by atoms with van der Waals surface area (Å²) in [7, 11) is 0. The van der Waals surface area contributed by atoms with Gasteiger partial charge in [0, 0.05) is 42.9 Å². The molecule has 2 aliphatic rings. The number of carboxylic acids is 1. The molecule has 3 aromatic rings. The third-order valence-corrected chi connectivity index (χ3v) is 8.85. The summed E-state index contributed by atoms with van der Waals surface area (Å²) in [5.41, 5.74) is 7.09. The number of likely N-dealkylation sites (tertiary alicyclic amines) is 1. The van der Waals surface area contributed by atoms with Crippen molar-refractivity contribution in [2.75, 3.05) is 37.7 Å². The monoisotopic (exact) mass is 573 g/mol. The Kier molecular flexibility index (Phi) is 9.47. The predicted octanol–water partition coefficient (Wildman–Crippen LogP) is 7.06. The van der Waals surface area contributed by atoms with Gasteiger partial charge in [-0.15, -0.1) is 0 Å². The molecule has 42 heavy (non-hydrogen) atoms. The third kappa shape index (κ3) is 7.49. The lowest BCUT2D eigenvalue weighted by molar-refractivity contribution is -0.136. The fourth-order valence-corrected chi connectivity index (χ4v) is 6.23. The van der Waals surface area contributed by atoms with Gasteiger partial charge in [0.05, 0.1) is 24.4 Å². The SMILES string of the molecule is Cc1nc(CN2CCCCC2)c(-c2ccc(OCCc3ccc(F)cc3)cc2)c(N2CCC(C)(C)CC2)c1CC(=O)O. The van der Waals surface area contributed by atoms with Gasteiger partial charge in [-0.05, 0) is 86.5 Å². The van der Waals surface area contributed by atoms with Crippen LogP contribution in [-0.2, 0) is 24.2 Å². The number of carboxylic acid groups (broad SMARTS) is 1. The number of nitrogens with zero attached hydrogens (tertiary/aromatic N) is 3. The van der Waals surface area contributed by atoms with Crippen LogP contribution >= 0.6 is 0 Å². The molecule has 0 spiro atoms. The van der Waals surface area contributed by atoms with Crippen LogP contribution in [0, 0.1) is 18.2 Å². The number of halogens is 1. The van der Waals surface area contributed by atoms with Gasteiger partial charge in [0.1, 0.15) is 11.6 Å². The minimum Gasteiger partial charge on any atom is -0.493 e. The number of hydrogen-bond donors (Lipinski definition) is 1. The number of aliphatic carboxylic acids is 1. The van der Waals surface area contributed by atoms with E-state index in [1.54, 1.807) is 12.1 Å². The molecule has 2 fully saturated rings. The number of anilines is 1.